The summed E-state index contributed by atoms with van der Waals surface area (Å²) < 4.78 is 0. The Hall–Kier alpha value is -1.65. The van der Waals surface area contributed by atoms with Gasteiger partial charge in [0.1, 0.15) is 5.76 Å². The van der Waals surface area contributed by atoms with Crippen molar-refractivity contribution in [2.45, 2.75) is 78.6 Å². The number of aliphatic hydroxyl groups is 1. The molecule has 1 aliphatic carbocycles. The minimum atomic E-state index is -0.771. The van der Waals surface area contributed by atoms with Crippen LogP contribution in [0.2, 0.25) is 0 Å². The first-order chi connectivity index (χ1) is 11.3. The zero-order chi connectivity index (χ0) is 18.2. The molecule has 0 amide bonds. The summed E-state index contributed by atoms with van der Waals surface area (Å²) in [5.74, 6) is -0.599. The lowest BCUT2D eigenvalue weighted by atomic mass is 9.73. The van der Waals surface area contributed by atoms with Crippen LogP contribution >= 0.6 is 0 Å². The molecule has 0 unspecified atom stereocenters. The minimum absolute atomic E-state index is 0.00974. The summed E-state index contributed by atoms with van der Waals surface area (Å²) in [4.78, 5) is 27.6. The molecular formula is C19H31NO4. The Morgan fingerprint density at radius 3 is 2.42 bits per heavy atom. The molecule has 5 nitrogen and oxygen atoms in total. The molecule has 0 saturated heterocycles. The van der Waals surface area contributed by atoms with E-state index in [-0.39, 0.29) is 23.4 Å². The second-order valence-corrected chi connectivity index (χ2v) is 7.40. The maximum absolute atomic E-state index is 12.5. The van der Waals surface area contributed by atoms with E-state index in [1.165, 1.54) is 0 Å². The van der Waals surface area contributed by atoms with Gasteiger partial charge < -0.3 is 10.2 Å². The topological polar surface area (TPSA) is 87.0 Å². The highest BCUT2D eigenvalue weighted by molar-refractivity contribution is 6.24. The lowest BCUT2D eigenvalue weighted by molar-refractivity contribution is -0.137. The molecule has 2 N–H and O–H groups in total. The highest BCUT2D eigenvalue weighted by atomic mass is 16.4. The fourth-order valence-electron chi connectivity index (χ4n) is 3.00. The van der Waals surface area contributed by atoms with Gasteiger partial charge in [-0.05, 0) is 31.1 Å². The third-order valence-electron chi connectivity index (χ3n) is 4.26. The van der Waals surface area contributed by atoms with Crippen LogP contribution in [0.15, 0.2) is 16.3 Å². The molecule has 1 rings (SSSR count). The summed E-state index contributed by atoms with van der Waals surface area (Å²) in [5.41, 5.74) is 1.03. The largest absolute Gasteiger partial charge is 0.511 e. The van der Waals surface area contributed by atoms with E-state index in [0.717, 1.165) is 31.4 Å². The van der Waals surface area contributed by atoms with Crippen molar-refractivity contribution in [2.75, 3.05) is 6.54 Å². The van der Waals surface area contributed by atoms with Crippen LogP contribution in [0, 0.1) is 5.41 Å². The number of aliphatic hydroxyl groups excluding tert-OH is 1. The van der Waals surface area contributed by atoms with Crippen LogP contribution in [0.5, 0.6) is 0 Å². The van der Waals surface area contributed by atoms with Gasteiger partial charge in [0.05, 0.1) is 5.57 Å². The molecule has 0 aliphatic heterocycles. The van der Waals surface area contributed by atoms with Crippen molar-refractivity contribution in [3.05, 3.63) is 11.3 Å². The molecule has 1 aliphatic rings. The molecule has 0 aromatic rings. The van der Waals surface area contributed by atoms with Crippen LogP contribution in [-0.2, 0) is 9.59 Å². The average Bonchev–Trinajstić information content (AvgIpc) is 2.46. The van der Waals surface area contributed by atoms with Gasteiger partial charge in [-0.15, -0.1) is 0 Å². The van der Waals surface area contributed by atoms with Crippen molar-refractivity contribution < 1.29 is 19.8 Å². The number of hydrogen-bond acceptors (Lipinski definition) is 4. The van der Waals surface area contributed by atoms with Crippen LogP contribution in [0.3, 0.4) is 0 Å². The Morgan fingerprint density at radius 2 is 1.79 bits per heavy atom. The molecule has 136 valence electrons. The molecule has 0 atom stereocenters. The molecule has 0 spiro atoms. The third kappa shape index (κ3) is 6.85. The normalized spacial score (nSPS) is 21.1. The summed E-state index contributed by atoms with van der Waals surface area (Å²) in [6.07, 6.45) is 5.92. The van der Waals surface area contributed by atoms with Crippen LogP contribution in [0.1, 0.15) is 78.6 Å². The van der Waals surface area contributed by atoms with E-state index >= 15 is 0 Å². The van der Waals surface area contributed by atoms with Gasteiger partial charge in [0.25, 0.3) is 0 Å². The van der Waals surface area contributed by atoms with Gasteiger partial charge in [-0.2, -0.15) is 0 Å². The number of nitrogens with zero attached hydrogens (tertiary/aromatic N) is 1. The number of hydrogen-bond donors (Lipinski definition) is 2. The molecule has 0 heterocycles. The van der Waals surface area contributed by atoms with Crippen molar-refractivity contribution in [1.29, 1.82) is 0 Å². The van der Waals surface area contributed by atoms with Crippen molar-refractivity contribution >= 4 is 17.5 Å². The molecule has 0 bridgehead atoms. The van der Waals surface area contributed by atoms with E-state index in [1.54, 1.807) is 0 Å². The number of aliphatic imine (C=N–C) groups is 1. The van der Waals surface area contributed by atoms with E-state index < -0.39 is 5.97 Å². The minimum Gasteiger partial charge on any atom is -0.511 e. The highest BCUT2D eigenvalue weighted by Gasteiger charge is 2.35. The van der Waals surface area contributed by atoms with E-state index in [2.05, 4.69) is 11.9 Å². The Kier molecular flexibility index (Phi) is 8.16. The Bertz CT molecular complexity index is 517. The summed E-state index contributed by atoms with van der Waals surface area (Å²) in [6.45, 7) is 6.72. The Morgan fingerprint density at radius 1 is 1.08 bits per heavy atom. The molecule has 5 heteroatoms. The summed E-state index contributed by atoms with van der Waals surface area (Å²) >= 11 is 0. The molecule has 0 aromatic heterocycles. The molecule has 1 fully saturated rings. The maximum atomic E-state index is 12.5. The Balaban J connectivity index is 2.77. The van der Waals surface area contributed by atoms with Gasteiger partial charge in [-0.3, -0.25) is 14.6 Å². The fourth-order valence-corrected chi connectivity index (χ4v) is 3.00. The standard InChI is InChI=1S/C19H31NO4/c1-4-5-9-15(21)18-14(12-19(2,3)13-16(18)22)20-11-8-6-7-10-17(23)24/h21H,4-13H2,1-3H3,(H,23,24)/b18-15+,20-14?. The van der Waals surface area contributed by atoms with Crippen molar-refractivity contribution in [1.82, 2.24) is 0 Å². The zero-order valence-electron chi connectivity index (χ0n) is 15.2. The lowest BCUT2D eigenvalue weighted by Crippen LogP contribution is -2.32. The zero-order valence-corrected chi connectivity index (χ0v) is 15.2. The summed E-state index contributed by atoms with van der Waals surface area (Å²) in [6, 6.07) is 0. The predicted molar refractivity (Wildman–Crippen MR) is 95.6 cm³/mol. The number of allylic oxidation sites excluding steroid dienone is 2. The number of ketones is 1. The van der Waals surface area contributed by atoms with Gasteiger partial charge in [0.2, 0.25) is 0 Å². The van der Waals surface area contributed by atoms with Crippen molar-refractivity contribution in [2.24, 2.45) is 10.4 Å². The second kappa shape index (κ2) is 9.60. The maximum Gasteiger partial charge on any atom is 0.303 e. The number of rotatable bonds is 9. The fraction of sp³-hybridized carbons (Fsp3) is 0.737. The smallest absolute Gasteiger partial charge is 0.303 e. The van der Waals surface area contributed by atoms with Crippen molar-refractivity contribution in [3.8, 4) is 0 Å². The van der Waals surface area contributed by atoms with Gasteiger partial charge in [0.15, 0.2) is 5.78 Å². The quantitative estimate of drug-likeness (QED) is 0.369. The van der Waals surface area contributed by atoms with Crippen LogP contribution in [-0.4, -0.2) is 34.2 Å². The molecule has 24 heavy (non-hydrogen) atoms. The first-order valence-corrected chi connectivity index (χ1v) is 8.97. The lowest BCUT2D eigenvalue weighted by Gasteiger charge is -2.31. The van der Waals surface area contributed by atoms with E-state index in [9.17, 15) is 14.7 Å². The highest BCUT2D eigenvalue weighted by Crippen LogP contribution is 2.35. The SMILES string of the molecule is CCCC/C(O)=C1\C(=O)CC(C)(C)CC1=NCCCCCC(=O)O. The van der Waals surface area contributed by atoms with E-state index in [4.69, 9.17) is 5.11 Å². The first-order valence-electron chi connectivity index (χ1n) is 8.97. The van der Waals surface area contributed by atoms with Gasteiger partial charge >= 0.3 is 5.97 Å². The average molecular weight is 337 g/mol. The Labute approximate surface area is 144 Å². The first kappa shape index (κ1) is 20.4. The number of carbonyl (C=O) groups is 2. The van der Waals surface area contributed by atoms with Gasteiger partial charge in [-0.1, -0.05) is 33.6 Å². The number of carbonyl (C=O) groups excluding carboxylic acids is 1. The monoisotopic (exact) mass is 337 g/mol. The molecular weight excluding hydrogens is 306 g/mol. The number of unbranched alkanes of at least 4 members (excludes halogenated alkanes) is 3. The number of carboxylic acid groups (broad SMARTS) is 1. The van der Waals surface area contributed by atoms with E-state index in [1.807, 2.05) is 13.8 Å². The van der Waals surface area contributed by atoms with E-state index in [0.29, 0.717) is 37.8 Å². The number of aliphatic carboxylic acids is 1. The number of Topliss-reactive ketones (excluding diaryl/α,β-unsaturated/α-hetero) is 1. The van der Waals surface area contributed by atoms with Crippen molar-refractivity contribution in [3.63, 3.8) is 0 Å². The predicted octanol–water partition coefficient (Wildman–Crippen LogP) is 4.46. The molecule has 0 radical (unpaired) electrons. The van der Waals surface area contributed by atoms with Crippen LogP contribution < -0.4 is 0 Å². The molecule has 1 saturated carbocycles. The number of carboxylic acids is 1. The van der Waals surface area contributed by atoms with Gasteiger partial charge in [-0.25, -0.2) is 0 Å². The molecule has 0 aromatic carbocycles. The summed E-state index contributed by atoms with van der Waals surface area (Å²) in [7, 11) is 0. The summed E-state index contributed by atoms with van der Waals surface area (Å²) in [5, 5.41) is 19.0. The van der Waals surface area contributed by atoms with Crippen LogP contribution in [0.4, 0.5) is 0 Å². The van der Waals surface area contributed by atoms with Crippen LogP contribution in [0.25, 0.3) is 0 Å². The second-order valence-electron chi connectivity index (χ2n) is 7.40. The third-order valence-corrected chi connectivity index (χ3v) is 4.26. The van der Waals surface area contributed by atoms with Gasteiger partial charge in [0, 0.05) is 31.5 Å².